The van der Waals surface area contributed by atoms with Crippen LogP contribution in [0.1, 0.15) is 20.8 Å². The Labute approximate surface area is 67.3 Å². The standard InChI is InChI=1S/C8H15NO2/c1-6(2)9-4-5-11-7(3)8(9)10/h6-7H,4-5H2,1-3H3. The van der Waals surface area contributed by atoms with Crippen LogP contribution in [0.15, 0.2) is 0 Å². The first-order valence-electron chi connectivity index (χ1n) is 4.05. The number of hydrogen-bond acceptors (Lipinski definition) is 2. The molecule has 1 heterocycles. The third kappa shape index (κ3) is 1.71. The van der Waals surface area contributed by atoms with Crippen LogP contribution < -0.4 is 0 Å². The summed E-state index contributed by atoms with van der Waals surface area (Å²) in [4.78, 5) is 13.2. The summed E-state index contributed by atoms with van der Waals surface area (Å²) in [6.45, 7) is 7.26. The minimum absolute atomic E-state index is 0.117. The van der Waals surface area contributed by atoms with E-state index in [-0.39, 0.29) is 12.0 Å². The summed E-state index contributed by atoms with van der Waals surface area (Å²) < 4.78 is 5.18. The van der Waals surface area contributed by atoms with Gasteiger partial charge in [-0.05, 0) is 20.8 Å². The molecule has 0 aliphatic carbocycles. The van der Waals surface area contributed by atoms with Crippen LogP contribution in [0.2, 0.25) is 0 Å². The first kappa shape index (κ1) is 8.53. The first-order valence-corrected chi connectivity index (χ1v) is 4.05. The smallest absolute Gasteiger partial charge is 0.251 e. The number of morpholine rings is 1. The topological polar surface area (TPSA) is 29.5 Å². The van der Waals surface area contributed by atoms with E-state index in [4.69, 9.17) is 4.74 Å². The number of nitrogens with zero attached hydrogens (tertiary/aromatic N) is 1. The summed E-state index contributed by atoms with van der Waals surface area (Å²) in [5.41, 5.74) is 0. The maximum atomic E-state index is 11.4. The highest BCUT2D eigenvalue weighted by molar-refractivity contribution is 5.81. The Hall–Kier alpha value is -0.570. The molecule has 0 saturated carbocycles. The Balaban J connectivity index is 2.58. The molecule has 0 aromatic carbocycles. The zero-order valence-corrected chi connectivity index (χ0v) is 7.33. The molecule has 1 aliphatic heterocycles. The largest absolute Gasteiger partial charge is 0.367 e. The molecule has 1 saturated heterocycles. The van der Waals surface area contributed by atoms with E-state index in [1.807, 2.05) is 18.7 Å². The van der Waals surface area contributed by atoms with Crippen molar-refractivity contribution in [2.75, 3.05) is 13.2 Å². The van der Waals surface area contributed by atoms with Gasteiger partial charge in [0.1, 0.15) is 6.10 Å². The molecule has 0 bridgehead atoms. The van der Waals surface area contributed by atoms with Gasteiger partial charge in [-0.1, -0.05) is 0 Å². The third-order valence-corrected chi connectivity index (χ3v) is 1.95. The molecule has 0 radical (unpaired) electrons. The maximum Gasteiger partial charge on any atom is 0.251 e. The van der Waals surface area contributed by atoms with Crippen molar-refractivity contribution in [3.63, 3.8) is 0 Å². The summed E-state index contributed by atoms with van der Waals surface area (Å²) in [6, 6.07) is 0.300. The SMILES string of the molecule is CC1OCCN(C(C)C)C1=O. The average molecular weight is 157 g/mol. The monoisotopic (exact) mass is 157 g/mol. The van der Waals surface area contributed by atoms with Gasteiger partial charge in [0.25, 0.3) is 5.91 Å². The van der Waals surface area contributed by atoms with Gasteiger partial charge in [-0.25, -0.2) is 0 Å². The molecule has 1 amide bonds. The van der Waals surface area contributed by atoms with Gasteiger partial charge < -0.3 is 9.64 Å². The summed E-state index contributed by atoms with van der Waals surface area (Å²) in [7, 11) is 0. The molecule has 1 rings (SSSR count). The van der Waals surface area contributed by atoms with E-state index in [0.29, 0.717) is 12.6 Å². The zero-order valence-electron chi connectivity index (χ0n) is 7.33. The predicted octanol–water partition coefficient (Wildman–Crippen LogP) is 0.642. The van der Waals surface area contributed by atoms with Gasteiger partial charge in [0, 0.05) is 12.6 Å². The average Bonchev–Trinajstić information content (AvgIpc) is 1.94. The van der Waals surface area contributed by atoms with Crippen molar-refractivity contribution in [1.82, 2.24) is 4.90 Å². The molecule has 0 spiro atoms. The fraction of sp³-hybridized carbons (Fsp3) is 0.875. The summed E-state index contributed by atoms with van der Waals surface area (Å²) >= 11 is 0. The second kappa shape index (κ2) is 3.22. The summed E-state index contributed by atoms with van der Waals surface area (Å²) in [5.74, 6) is 0.117. The molecular formula is C8H15NO2. The van der Waals surface area contributed by atoms with Crippen molar-refractivity contribution in [2.45, 2.75) is 32.9 Å². The minimum atomic E-state index is -0.244. The molecule has 0 aromatic rings. The first-order chi connectivity index (χ1) is 5.13. The van der Waals surface area contributed by atoms with Crippen molar-refractivity contribution < 1.29 is 9.53 Å². The Bertz CT molecular complexity index is 156. The molecular weight excluding hydrogens is 142 g/mol. The number of hydrogen-bond donors (Lipinski definition) is 0. The van der Waals surface area contributed by atoms with Crippen molar-refractivity contribution in [3.05, 3.63) is 0 Å². The number of carbonyl (C=O) groups is 1. The Morgan fingerprint density at radius 3 is 2.73 bits per heavy atom. The molecule has 0 N–H and O–H groups in total. The van der Waals surface area contributed by atoms with Crippen molar-refractivity contribution in [3.8, 4) is 0 Å². The van der Waals surface area contributed by atoms with Crippen LogP contribution in [0.25, 0.3) is 0 Å². The van der Waals surface area contributed by atoms with Crippen molar-refractivity contribution in [1.29, 1.82) is 0 Å². The maximum absolute atomic E-state index is 11.4. The van der Waals surface area contributed by atoms with Crippen molar-refractivity contribution in [2.24, 2.45) is 0 Å². The van der Waals surface area contributed by atoms with Crippen LogP contribution in [-0.4, -0.2) is 36.1 Å². The quantitative estimate of drug-likeness (QED) is 0.559. The van der Waals surface area contributed by atoms with Crippen LogP contribution in [-0.2, 0) is 9.53 Å². The second-order valence-electron chi connectivity index (χ2n) is 3.14. The van der Waals surface area contributed by atoms with Crippen molar-refractivity contribution >= 4 is 5.91 Å². The summed E-state index contributed by atoms with van der Waals surface area (Å²) in [6.07, 6.45) is -0.244. The lowest BCUT2D eigenvalue weighted by Crippen LogP contribution is -2.49. The van der Waals surface area contributed by atoms with E-state index < -0.39 is 0 Å². The van der Waals surface area contributed by atoms with E-state index in [2.05, 4.69) is 0 Å². The summed E-state index contributed by atoms with van der Waals surface area (Å²) in [5, 5.41) is 0. The normalized spacial score (nSPS) is 26.4. The predicted molar refractivity (Wildman–Crippen MR) is 42.3 cm³/mol. The van der Waals surface area contributed by atoms with Gasteiger partial charge in [0.2, 0.25) is 0 Å². The van der Waals surface area contributed by atoms with E-state index >= 15 is 0 Å². The molecule has 1 fully saturated rings. The molecule has 11 heavy (non-hydrogen) atoms. The van der Waals surface area contributed by atoms with Gasteiger partial charge in [0.15, 0.2) is 0 Å². The van der Waals surface area contributed by atoms with Gasteiger partial charge in [-0.15, -0.1) is 0 Å². The third-order valence-electron chi connectivity index (χ3n) is 1.95. The van der Waals surface area contributed by atoms with E-state index in [1.54, 1.807) is 6.92 Å². The molecule has 3 heteroatoms. The number of amides is 1. The van der Waals surface area contributed by atoms with Gasteiger partial charge >= 0.3 is 0 Å². The fourth-order valence-electron chi connectivity index (χ4n) is 1.26. The van der Waals surface area contributed by atoms with Gasteiger partial charge in [-0.3, -0.25) is 4.79 Å². The van der Waals surface area contributed by atoms with Gasteiger partial charge in [-0.2, -0.15) is 0 Å². The fourth-order valence-corrected chi connectivity index (χ4v) is 1.26. The highest BCUT2D eigenvalue weighted by Gasteiger charge is 2.27. The lowest BCUT2D eigenvalue weighted by Gasteiger charge is -2.33. The highest BCUT2D eigenvalue weighted by Crippen LogP contribution is 2.09. The van der Waals surface area contributed by atoms with Crippen LogP contribution in [0.4, 0.5) is 0 Å². The lowest BCUT2D eigenvalue weighted by atomic mass is 10.2. The Morgan fingerprint density at radius 2 is 2.27 bits per heavy atom. The van der Waals surface area contributed by atoms with Crippen LogP contribution in [0.5, 0.6) is 0 Å². The molecule has 0 aromatic heterocycles. The number of carbonyl (C=O) groups excluding carboxylic acids is 1. The van der Waals surface area contributed by atoms with Crippen LogP contribution in [0.3, 0.4) is 0 Å². The number of ether oxygens (including phenoxy) is 1. The molecule has 1 aliphatic rings. The van der Waals surface area contributed by atoms with Crippen LogP contribution in [0, 0.1) is 0 Å². The minimum Gasteiger partial charge on any atom is -0.367 e. The van der Waals surface area contributed by atoms with Gasteiger partial charge in [0.05, 0.1) is 6.61 Å². The Kier molecular flexibility index (Phi) is 2.49. The number of rotatable bonds is 1. The molecule has 1 unspecified atom stereocenters. The zero-order chi connectivity index (χ0) is 8.43. The highest BCUT2D eigenvalue weighted by atomic mass is 16.5. The second-order valence-corrected chi connectivity index (χ2v) is 3.14. The Morgan fingerprint density at radius 1 is 1.64 bits per heavy atom. The van der Waals surface area contributed by atoms with E-state index in [9.17, 15) is 4.79 Å². The molecule has 3 nitrogen and oxygen atoms in total. The van der Waals surface area contributed by atoms with E-state index in [1.165, 1.54) is 0 Å². The van der Waals surface area contributed by atoms with E-state index in [0.717, 1.165) is 6.54 Å². The molecule has 64 valence electrons. The van der Waals surface area contributed by atoms with Crippen LogP contribution >= 0.6 is 0 Å². The lowest BCUT2D eigenvalue weighted by molar-refractivity contribution is -0.153. The molecule has 1 atom stereocenters.